The van der Waals surface area contributed by atoms with Crippen molar-refractivity contribution in [2.24, 2.45) is 0 Å². The summed E-state index contributed by atoms with van der Waals surface area (Å²) in [5, 5.41) is 2.61. The number of ether oxygens (including phenoxy) is 1. The van der Waals surface area contributed by atoms with Gasteiger partial charge < -0.3 is 14.5 Å². The molecule has 8 heteroatoms. The fourth-order valence-corrected chi connectivity index (χ4v) is 3.40. The van der Waals surface area contributed by atoms with E-state index in [-0.39, 0.29) is 11.4 Å². The molecule has 0 spiro atoms. The lowest BCUT2D eigenvalue weighted by atomic mass is 10.2. The van der Waals surface area contributed by atoms with Gasteiger partial charge in [-0.15, -0.1) is 0 Å². The van der Waals surface area contributed by atoms with Crippen LogP contribution in [0.25, 0.3) is 0 Å². The van der Waals surface area contributed by atoms with E-state index in [1.54, 1.807) is 25.1 Å². The summed E-state index contributed by atoms with van der Waals surface area (Å²) in [5.41, 5.74) is 0.690. The van der Waals surface area contributed by atoms with Crippen LogP contribution in [0.4, 0.5) is 0 Å². The lowest BCUT2D eigenvalue weighted by molar-refractivity contribution is -0.122. The fraction of sp³-hybridized carbons (Fsp3) is 0.312. The molecule has 1 aromatic carbocycles. The number of aryl methyl sites for hydroxylation is 1. The van der Waals surface area contributed by atoms with E-state index >= 15 is 0 Å². The zero-order chi connectivity index (χ0) is 17.7. The molecule has 130 valence electrons. The molecule has 0 aliphatic carbocycles. The number of carbonyl (C=O) groups excluding carboxylic acids is 1. The Morgan fingerprint density at radius 2 is 2.08 bits per heavy atom. The van der Waals surface area contributed by atoms with Crippen LogP contribution in [0.5, 0.6) is 5.75 Å². The van der Waals surface area contributed by atoms with Crippen LogP contribution < -0.4 is 14.8 Å². The molecule has 1 amide bonds. The molecule has 0 radical (unpaired) electrons. The first-order valence-electron chi connectivity index (χ1n) is 7.30. The number of methoxy groups -OCH3 is 1. The van der Waals surface area contributed by atoms with Crippen molar-refractivity contribution in [2.45, 2.75) is 31.3 Å². The van der Waals surface area contributed by atoms with Gasteiger partial charge in [0, 0.05) is 0 Å². The van der Waals surface area contributed by atoms with Gasteiger partial charge in [-0.05, 0) is 49.7 Å². The average Bonchev–Trinajstić information content (AvgIpc) is 3.05. The summed E-state index contributed by atoms with van der Waals surface area (Å²) in [5.74, 6) is 0.739. The van der Waals surface area contributed by atoms with E-state index < -0.39 is 22.0 Å². The number of hydrogen-bond acceptors (Lipinski definition) is 5. The summed E-state index contributed by atoms with van der Waals surface area (Å²) in [6, 6.07) is 7.00. The van der Waals surface area contributed by atoms with Crippen molar-refractivity contribution in [1.29, 1.82) is 0 Å². The van der Waals surface area contributed by atoms with Crippen molar-refractivity contribution >= 4 is 15.9 Å². The van der Waals surface area contributed by atoms with Crippen LogP contribution in [0.2, 0.25) is 0 Å². The highest BCUT2D eigenvalue weighted by Crippen LogP contribution is 2.21. The summed E-state index contributed by atoms with van der Waals surface area (Å²) in [6.07, 6.45) is 1.50. The molecule has 1 atom stereocenters. The average molecular weight is 352 g/mol. The van der Waals surface area contributed by atoms with Crippen molar-refractivity contribution in [3.63, 3.8) is 0 Å². The van der Waals surface area contributed by atoms with Crippen LogP contribution in [0, 0.1) is 6.92 Å². The first-order chi connectivity index (χ1) is 11.3. The smallest absolute Gasteiger partial charge is 0.241 e. The molecule has 2 aromatic rings. The third kappa shape index (κ3) is 4.36. The van der Waals surface area contributed by atoms with Gasteiger partial charge >= 0.3 is 0 Å². The Labute approximate surface area is 141 Å². The van der Waals surface area contributed by atoms with E-state index in [0.717, 1.165) is 0 Å². The summed E-state index contributed by atoms with van der Waals surface area (Å²) < 4.78 is 37.3. The van der Waals surface area contributed by atoms with Crippen LogP contribution in [0.15, 0.2) is 45.9 Å². The number of nitrogens with one attached hydrogen (secondary N) is 2. The van der Waals surface area contributed by atoms with Crippen molar-refractivity contribution in [1.82, 2.24) is 10.0 Å². The Morgan fingerprint density at radius 1 is 1.33 bits per heavy atom. The molecule has 0 bridgehead atoms. The molecule has 1 heterocycles. The van der Waals surface area contributed by atoms with E-state index in [1.807, 2.05) is 0 Å². The maximum Gasteiger partial charge on any atom is 0.241 e. The summed E-state index contributed by atoms with van der Waals surface area (Å²) in [6.45, 7) is 3.42. The number of amides is 1. The van der Waals surface area contributed by atoms with Gasteiger partial charge in [0.15, 0.2) is 0 Å². The monoisotopic (exact) mass is 352 g/mol. The number of benzene rings is 1. The molecule has 2 N–H and O–H groups in total. The van der Waals surface area contributed by atoms with Gasteiger partial charge in [-0.3, -0.25) is 4.79 Å². The Morgan fingerprint density at radius 3 is 2.67 bits per heavy atom. The molecular weight excluding hydrogens is 332 g/mol. The second kappa shape index (κ2) is 7.50. The SMILES string of the molecule is COc1ccc(S(=O)(=O)NC(C)C(=O)NCc2ccco2)cc1C. The first kappa shape index (κ1) is 18.0. The van der Waals surface area contributed by atoms with Crippen LogP contribution in [0.1, 0.15) is 18.2 Å². The highest BCUT2D eigenvalue weighted by atomic mass is 32.2. The Balaban J connectivity index is 2.02. The van der Waals surface area contributed by atoms with Crippen LogP contribution in [-0.4, -0.2) is 27.5 Å². The molecule has 2 rings (SSSR count). The Kier molecular flexibility index (Phi) is 5.63. The zero-order valence-corrected chi connectivity index (χ0v) is 14.5. The molecule has 1 aromatic heterocycles. The van der Waals surface area contributed by atoms with Crippen LogP contribution in [0.3, 0.4) is 0 Å². The summed E-state index contributed by atoms with van der Waals surface area (Å²) in [7, 11) is -2.30. The van der Waals surface area contributed by atoms with E-state index in [0.29, 0.717) is 17.1 Å². The minimum absolute atomic E-state index is 0.0754. The van der Waals surface area contributed by atoms with E-state index in [9.17, 15) is 13.2 Å². The third-order valence-corrected chi connectivity index (χ3v) is 4.96. The van der Waals surface area contributed by atoms with Crippen LogP contribution in [-0.2, 0) is 21.4 Å². The first-order valence-corrected chi connectivity index (χ1v) is 8.79. The number of furan rings is 1. The number of carbonyl (C=O) groups is 1. The fourth-order valence-electron chi connectivity index (χ4n) is 2.11. The second-order valence-corrected chi connectivity index (χ2v) is 6.99. The van der Waals surface area contributed by atoms with Gasteiger partial charge in [0.2, 0.25) is 15.9 Å². The van der Waals surface area contributed by atoms with Gasteiger partial charge in [-0.25, -0.2) is 8.42 Å². The molecular formula is C16H20N2O5S. The van der Waals surface area contributed by atoms with Crippen molar-refractivity contribution in [3.05, 3.63) is 47.9 Å². The minimum atomic E-state index is -3.81. The highest BCUT2D eigenvalue weighted by molar-refractivity contribution is 7.89. The zero-order valence-electron chi connectivity index (χ0n) is 13.7. The van der Waals surface area contributed by atoms with Gasteiger partial charge in [-0.2, -0.15) is 4.72 Å². The summed E-state index contributed by atoms with van der Waals surface area (Å²) >= 11 is 0. The van der Waals surface area contributed by atoms with E-state index in [4.69, 9.17) is 9.15 Å². The molecule has 24 heavy (non-hydrogen) atoms. The molecule has 0 aliphatic heterocycles. The van der Waals surface area contributed by atoms with Gasteiger partial charge in [0.25, 0.3) is 0 Å². The lowest BCUT2D eigenvalue weighted by Gasteiger charge is -2.15. The molecule has 1 unspecified atom stereocenters. The molecule has 0 saturated carbocycles. The number of rotatable bonds is 7. The predicted molar refractivity (Wildman–Crippen MR) is 88.1 cm³/mol. The van der Waals surface area contributed by atoms with Crippen molar-refractivity contribution in [3.8, 4) is 5.75 Å². The summed E-state index contributed by atoms with van der Waals surface area (Å²) in [4.78, 5) is 12.1. The molecule has 7 nitrogen and oxygen atoms in total. The highest BCUT2D eigenvalue weighted by Gasteiger charge is 2.22. The number of sulfonamides is 1. The predicted octanol–water partition coefficient (Wildman–Crippen LogP) is 1.58. The maximum absolute atomic E-state index is 12.4. The van der Waals surface area contributed by atoms with E-state index in [1.165, 1.54) is 32.4 Å². The standard InChI is InChI=1S/C16H20N2O5S/c1-11-9-14(6-7-15(11)22-3)24(20,21)18-12(2)16(19)17-10-13-5-4-8-23-13/h4-9,12,18H,10H2,1-3H3,(H,17,19). The van der Waals surface area contributed by atoms with Crippen molar-refractivity contribution < 1.29 is 22.4 Å². The Hall–Kier alpha value is -2.32. The molecule has 0 fully saturated rings. The quantitative estimate of drug-likeness (QED) is 0.788. The molecule has 0 saturated heterocycles. The topological polar surface area (TPSA) is 97.6 Å². The number of hydrogen-bond donors (Lipinski definition) is 2. The largest absolute Gasteiger partial charge is 0.496 e. The van der Waals surface area contributed by atoms with Gasteiger partial charge in [0.1, 0.15) is 11.5 Å². The lowest BCUT2D eigenvalue weighted by Crippen LogP contribution is -2.44. The van der Waals surface area contributed by atoms with E-state index in [2.05, 4.69) is 10.0 Å². The normalized spacial score (nSPS) is 12.6. The van der Waals surface area contributed by atoms with Gasteiger partial charge in [-0.1, -0.05) is 0 Å². The van der Waals surface area contributed by atoms with Gasteiger partial charge in [0.05, 0.1) is 30.9 Å². The molecule has 0 aliphatic rings. The van der Waals surface area contributed by atoms with Crippen LogP contribution >= 0.6 is 0 Å². The second-order valence-electron chi connectivity index (χ2n) is 5.27. The third-order valence-electron chi connectivity index (χ3n) is 3.42. The Bertz CT molecular complexity index is 800. The maximum atomic E-state index is 12.4. The minimum Gasteiger partial charge on any atom is -0.496 e. The van der Waals surface area contributed by atoms with Crippen molar-refractivity contribution in [2.75, 3.05) is 7.11 Å².